The number of nitrogens with two attached hydrogens (primary N) is 1. The molecule has 0 aliphatic carbocycles. The van der Waals surface area contributed by atoms with Crippen LogP contribution in [-0.4, -0.2) is 24.9 Å². The van der Waals surface area contributed by atoms with Crippen molar-refractivity contribution in [2.24, 2.45) is 0 Å². The Kier molecular flexibility index (Phi) is 3.48. The van der Waals surface area contributed by atoms with Gasteiger partial charge in [-0.15, -0.1) is 11.8 Å². The quantitative estimate of drug-likeness (QED) is 0.739. The van der Waals surface area contributed by atoms with Gasteiger partial charge in [0.05, 0.1) is 6.20 Å². The zero-order valence-electron chi connectivity index (χ0n) is 9.54. The summed E-state index contributed by atoms with van der Waals surface area (Å²) in [5.74, 6) is 0.0169. The first-order valence-corrected chi connectivity index (χ1v) is 7.69. The van der Waals surface area contributed by atoms with Gasteiger partial charge in [0.1, 0.15) is 10.7 Å². The Morgan fingerprint density at radius 3 is 2.50 bits per heavy atom. The minimum Gasteiger partial charge on any atom is -0.383 e. The Morgan fingerprint density at radius 2 is 2.00 bits per heavy atom. The lowest BCUT2D eigenvalue weighted by Gasteiger charge is -2.07. The first kappa shape index (κ1) is 12.8. The number of H-pyrrole nitrogens is 1. The van der Waals surface area contributed by atoms with Crippen LogP contribution in [0.3, 0.4) is 0 Å². The average molecular weight is 284 g/mol. The van der Waals surface area contributed by atoms with Gasteiger partial charge in [-0.2, -0.15) is 5.10 Å². The van der Waals surface area contributed by atoms with E-state index in [2.05, 4.69) is 14.9 Å². The lowest BCUT2D eigenvalue weighted by atomic mass is 10.3. The van der Waals surface area contributed by atoms with Crippen molar-refractivity contribution in [3.8, 4) is 0 Å². The van der Waals surface area contributed by atoms with Crippen molar-refractivity contribution in [3.05, 3.63) is 30.5 Å². The van der Waals surface area contributed by atoms with E-state index in [0.717, 1.165) is 4.90 Å². The molecule has 0 aliphatic heterocycles. The molecule has 2 aromatic rings. The predicted molar refractivity (Wildman–Crippen MR) is 72.0 cm³/mol. The lowest BCUT2D eigenvalue weighted by molar-refractivity contribution is 0.601. The molecule has 0 bridgehead atoms. The second-order valence-corrected chi connectivity index (χ2v) is 6.01. The molecule has 8 heteroatoms. The van der Waals surface area contributed by atoms with Crippen molar-refractivity contribution in [2.45, 2.75) is 9.79 Å². The number of rotatable bonds is 4. The number of nitrogen functional groups attached to an aromatic ring is 1. The summed E-state index contributed by atoms with van der Waals surface area (Å²) >= 11 is 1.58. The molecule has 6 nitrogen and oxygen atoms in total. The number of benzene rings is 1. The predicted octanol–water partition coefficient (Wildman–Crippen LogP) is 1.51. The zero-order valence-corrected chi connectivity index (χ0v) is 11.2. The van der Waals surface area contributed by atoms with Crippen LogP contribution < -0.4 is 10.5 Å². The van der Waals surface area contributed by atoms with Crippen LogP contribution in [0.1, 0.15) is 0 Å². The topological polar surface area (TPSA) is 101 Å². The van der Waals surface area contributed by atoms with E-state index in [9.17, 15) is 8.42 Å². The van der Waals surface area contributed by atoms with Gasteiger partial charge in [0.2, 0.25) is 0 Å². The van der Waals surface area contributed by atoms with Crippen molar-refractivity contribution in [3.63, 3.8) is 0 Å². The third-order valence-corrected chi connectivity index (χ3v) is 4.42. The van der Waals surface area contributed by atoms with Crippen LogP contribution in [0.15, 0.2) is 40.3 Å². The van der Waals surface area contributed by atoms with Gasteiger partial charge in [-0.3, -0.25) is 9.82 Å². The van der Waals surface area contributed by atoms with Crippen molar-refractivity contribution >= 4 is 33.3 Å². The van der Waals surface area contributed by atoms with Crippen molar-refractivity contribution in [1.82, 2.24) is 10.2 Å². The van der Waals surface area contributed by atoms with Gasteiger partial charge in [0.15, 0.2) is 0 Å². The summed E-state index contributed by atoms with van der Waals surface area (Å²) in [7, 11) is -3.70. The van der Waals surface area contributed by atoms with E-state index >= 15 is 0 Å². The van der Waals surface area contributed by atoms with Gasteiger partial charge in [0, 0.05) is 10.6 Å². The summed E-state index contributed by atoms with van der Waals surface area (Å²) in [4.78, 5) is 0.997. The smallest absolute Gasteiger partial charge is 0.267 e. The number of nitrogens with one attached hydrogen (secondary N) is 2. The minimum absolute atomic E-state index is 0.0169. The lowest BCUT2D eigenvalue weighted by Crippen LogP contribution is -2.13. The normalized spacial score (nSPS) is 11.4. The highest BCUT2D eigenvalue weighted by Gasteiger charge is 2.19. The molecule has 0 atom stereocenters. The molecule has 4 N–H and O–H groups in total. The van der Waals surface area contributed by atoms with Crippen molar-refractivity contribution < 1.29 is 8.42 Å². The van der Waals surface area contributed by atoms with Crippen LogP contribution in [0.2, 0.25) is 0 Å². The summed E-state index contributed by atoms with van der Waals surface area (Å²) in [6.45, 7) is 0. The standard InChI is InChI=1S/C10H12N4O2S2/c1-17-8-4-2-7(3-5-8)14-18(15,16)9-6-12-13-10(9)11/h2-6,14H,1H3,(H3,11,12,13). The van der Waals surface area contributed by atoms with Gasteiger partial charge in [-0.1, -0.05) is 0 Å². The first-order chi connectivity index (χ1) is 8.53. The van der Waals surface area contributed by atoms with Crippen molar-refractivity contribution in [1.29, 1.82) is 0 Å². The third kappa shape index (κ3) is 2.59. The number of hydrogen-bond acceptors (Lipinski definition) is 5. The monoisotopic (exact) mass is 284 g/mol. The van der Waals surface area contributed by atoms with Gasteiger partial charge in [-0.05, 0) is 30.5 Å². The molecule has 0 saturated heterocycles. The van der Waals surface area contributed by atoms with E-state index in [1.807, 2.05) is 18.4 Å². The zero-order chi connectivity index (χ0) is 13.2. The highest BCUT2D eigenvalue weighted by Crippen LogP contribution is 2.21. The molecule has 0 radical (unpaired) electrons. The molecule has 0 saturated carbocycles. The fraction of sp³-hybridized carbons (Fsp3) is 0.100. The summed E-state index contributed by atoms with van der Waals surface area (Å²) in [6, 6.07) is 7.06. The van der Waals surface area contributed by atoms with E-state index in [1.165, 1.54) is 6.20 Å². The number of anilines is 2. The maximum Gasteiger partial charge on any atom is 0.267 e. The van der Waals surface area contributed by atoms with Crippen LogP contribution in [-0.2, 0) is 10.0 Å². The molecule has 2 rings (SSSR count). The van der Waals surface area contributed by atoms with Crippen LogP contribution in [0.5, 0.6) is 0 Å². The number of nitrogens with zero attached hydrogens (tertiary/aromatic N) is 1. The molecule has 18 heavy (non-hydrogen) atoms. The minimum atomic E-state index is -3.70. The fourth-order valence-electron chi connectivity index (χ4n) is 1.37. The Bertz CT molecular complexity index is 634. The molecule has 0 fully saturated rings. The number of hydrogen-bond donors (Lipinski definition) is 3. The number of thioether (sulfide) groups is 1. The first-order valence-electron chi connectivity index (χ1n) is 4.98. The molecular weight excluding hydrogens is 272 g/mol. The second kappa shape index (κ2) is 4.91. The molecule has 1 aromatic carbocycles. The molecule has 96 valence electrons. The van der Waals surface area contributed by atoms with Crippen LogP contribution in [0, 0.1) is 0 Å². The summed E-state index contributed by atoms with van der Waals surface area (Å²) in [5, 5.41) is 5.97. The van der Waals surface area contributed by atoms with Crippen LogP contribution in [0.4, 0.5) is 11.5 Å². The molecule has 1 heterocycles. The molecule has 0 amide bonds. The highest BCUT2D eigenvalue weighted by atomic mass is 32.2. The van der Waals surface area contributed by atoms with Gasteiger partial charge in [-0.25, -0.2) is 8.42 Å². The van der Waals surface area contributed by atoms with E-state index in [-0.39, 0.29) is 10.7 Å². The highest BCUT2D eigenvalue weighted by molar-refractivity contribution is 7.98. The van der Waals surface area contributed by atoms with E-state index in [1.54, 1.807) is 23.9 Å². The summed E-state index contributed by atoms with van der Waals surface area (Å²) in [5.41, 5.74) is 5.97. The third-order valence-electron chi connectivity index (χ3n) is 2.26. The SMILES string of the molecule is CSc1ccc(NS(=O)(=O)c2cn[nH]c2N)cc1. The van der Waals surface area contributed by atoms with E-state index in [0.29, 0.717) is 5.69 Å². The van der Waals surface area contributed by atoms with E-state index < -0.39 is 10.0 Å². The summed E-state index contributed by atoms with van der Waals surface area (Å²) < 4.78 is 26.4. The van der Waals surface area contributed by atoms with Crippen LogP contribution >= 0.6 is 11.8 Å². The maximum atomic E-state index is 12.0. The average Bonchev–Trinajstić information content (AvgIpc) is 2.77. The number of sulfonamides is 1. The van der Waals surface area contributed by atoms with E-state index in [4.69, 9.17) is 5.73 Å². The second-order valence-electron chi connectivity index (χ2n) is 3.48. The van der Waals surface area contributed by atoms with Gasteiger partial charge < -0.3 is 5.73 Å². The molecule has 1 aromatic heterocycles. The van der Waals surface area contributed by atoms with Crippen LogP contribution in [0.25, 0.3) is 0 Å². The maximum absolute atomic E-state index is 12.0. The Hall–Kier alpha value is -1.67. The van der Waals surface area contributed by atoms with Gasteiger partial charge in [0.25, 0.3) is 10.0 Å². The number of aromatic nitrogens is 2. The van der Waals surface area contributed by atoms with Gasteiger partial charge >= 0.3 is 0 Å². The largest absolute Gasteiger partial charge is 0.383 e. The Labute approximate surface area is 109 Å². The molecular formula is C10H12N4O2S2. The Morgan fingerprint density at radius 1 is 1.33 bits per heavy atom. The fourth-order valence-corrected chi connectivity index (χ4v) is 2.86. The Balaban J connectivity index is 2.25. The summed E-state index contributed by atoms with van der Waals surface area (Å²) in [6.07, 6.45) is 3.12. The van der Waals surface area contributed by atoms with Crippen molar-refractivity contribution in [2.75, 3.05) is 16.7 Å². The molecule has 0 unspecified atom stereocenters. The molecule has 0 aliphatic rings. The number of aromatic amines is 1. The molecule has 0 spiro atoms.